The Labute approximate surface area is 95.6 Å². The zero-order chi connectivity index (χ0) is 10.8. The van der Waals surface area contributed by atoms with Crippen molar-refractivity contribution in [2.24, 2.45) is 5.73 Å². The number of aromatic nitrogens is 2. The van der Waals surface area contributed by atoms with Crippen molar-refractivity contribution in [1.29, 1.82) is 0 Å². The van der Waals surface area contributed by atoms with Gasteiger partial charge in [-0.2, -0.15) is 4.98 Å². The van der Waals surface area contributed by atoms with Crippen molar-refractivity contribution in [2.45, 2.75) is 13.0 Å². The van der Waals surface area contributed by atoms with E-state index in [0.717, 1.165) is 10.0 Å². The molecule has 1 atom stereocenters. The summed E-state index contributed by atoms with van der Waals surface area (Å²) >= 11 is 3.43. The maximum Gasteiger partial charge on any atom is 0.223 e. The number of rotatable bonds is 2. The molecule has 0 aliphatic heterocycles. The van der Waals surface area contributed by atoms with E-state index in [1.54, 1.807) is 6.92 Å². The molecule has 2 N–H and O–H groups in total. The lowest BCUT2D eigenvalue weighted by Gasteiger charge is -2.08. The number of nitrogens with zero attached hydrogens (tertiary/aromatic N) is 2. The fraction of sp³-hybridized carbons (Fsp3) is 0.200. The van der Waals surface area contributed by atoms with Crippen LogP contribution in [0.4, 0.5) is 0 Å². The first kappa shape index (κ1) is 10.3. The highest BCUT2D eigenvalue weighted by Crippen LogP contribution is 2.24. The van der Waals surface area contributed by atoms with Gasteiger partial charge < -0.3 is 10.3 Å². The minimum Gasteiger partial charge on any atom is -0.340 e. The van der Waals surface area contributed by atoms with Gasteiger partial charge in [-0.1, -0.05) is 39.3 Å². The third-order valence-corrected chi connectivity index (χ3v) is 2.78. The number of nitrogens with two attached hydrogens (primary N) is 1. The van der Waals surface area contributed by atoms with Crippen molar-refractivity contribution in [1.82, 2.24) is 10.1 Å². The van der Waals surface area contributed by atoms with Crippen LogP contribution in [0.5, 0.6) is 0 Å². The van der Waals surface area contributed by atoms with E-state index >= 15 is 0 Å². The van der Waals surface area contributed by atoms with E-state index in [2.05, 4.69) is 26.1 Å². The molecule has 78 valence electrons. The molecule has 0 spiro atoms. The van der Waals surface area contributed by atoms with E-state index in [1.807, 2.05) is 24.3 Å². The molecule has 15 heavy (non-hydrogen) atoms. The second-order valence-electron chi connectivity index (χ2n) is 3.17. The third kappa shape index (κ3) is 2.08. The summed E-state index contributed by atoms with van der Waals surface area (Å²) in [5.74, 6) is 1.02. The molecule has 5 heteroatoms. The van der Waals surface area contributed by atoms with Gasteiger partial charge in [0.25, 0.3) is 0 Å². The molecule has 0 saturated carbocycles. The maximum atomic E-state index is 6.02. The summed E-state index contributed by atoms with van der Waals surface area (Å²) in [6.07, 6.45) is 0. The number of hydrogen-bond donors (Lipinski definition) is 1. The topological polar surface area (TPSA) is 64.9 Å². The Kier molecular flexibility index (Phi) is 2.83. The molecule has 1 aromatic heterocycles. The molecule has 4 nitrogen and oxygen atoms in total. The quantitative estimate of drug-likeness (QED) is 0.906. The van der Waals surface area contributed by atoms with E-state index in [9.17, 15) is 0 Å². The molecule has 0 aliphatic rings. The Morgan fingerprint density at radius 1 is 1.40 bits per heavy atom. The van der Waals surface area contributed by atoms with Crippen LogP contribution in [0.25, 0.3) is 0 Å². The maximum absolute atomic E-state index is 6.02. The summed E-state index contributed by atoms with van der Waals surface area (Å²) in [7, 11) is 0. The van der Waals surface area contributed by atoms with Crippen LogP contribution < -0.4 is 5.73 Å². The highest BCUT2D eigenvalue weighted by Gasteiger charge is 2.16. The summed E-state index contributed by atoms with van der Waals surface area (Å²) in [6, 6.07) is 7.36. The highest BCUT2D eigenvalue weighted by atomic mass is 79.9. The van der Waals surface area contributed by atoms with Crippen molar-refractivity contribution in [3.05, 3.63) is 46.0 Å². The minimum atomic E-state index is -0.363. The van der Waals surface area contributed by atoms with Crippen LogP contribution in [-0.2, 0) is 0 Å². The molecule has 0 fully saturated rings. The van der Waals surface area contributed by atoms with E-state index in [-0.39, 0.29) is 6.04 Å². The lowest BCUT2D eigenvalue weighted by molar-refractivity contribution is 0.385. The normalized spacial score (nSPS) is 12.7. The van der Waals surface area contributed by atoms with E-state index in [4.69, 9.17) is 10.3 Å². The summed E-state index contributed by atoms with van der Waals surface area (Å²) in [5.41, 5.74) is 6.96. The second kappa shape index (κ2) is 4.12. The van der Waals surface area contributed by atoms with E-state index in [1.165, 1.54) is 0 Å². The van der Waals surface area contributed by atoms with Crippen LogP contribution in [0.1, 0.15) is 23.3 Å². The first-order chi connectivity index (χ1) is 7.18. The van der Waals surface area contributed by atoms with Gasteiger partial charge in [0.1, 0.15) is 0 Å². The van der Waals surface area contributed by atoms with Crippen LogP contribution >= 0.6 is 15.9 Å². The first-order valence-electron chi connectivity index (χ1n) is 4.48. The molecule has 2 rings (SSSR count). The van der Waals surface area contributed by atoms with E-state index in [0.29, 0.717) is 11.7 Å². The highest BCUT2D eigenvalue weighted by molar-refractivity contribution is 9.10. The summed E-state index contributed by atoms with van der Waals surface area (Å²) < 4.78 is 5.83. The van der Waals surface area contributed by atoms with Crippen molar-refractivity contribution in [3.8, 4) is 0 Å². The average Bonchev–Trinajstić information content (AvgIpc) is 2.65. The Hall–Kier alpha value is -1.20. The Bertz CT molecular complexity index is 469. The van der Waals surface area contributed by atoms with E-state index < -0.39 is 0 Å². The molecule has 0 radical (unpaired) electrons. The molecule has 0 aliphatic carbocycles. The van der Waals surface area contributed by atoms with Crippen molar-refractivity contribution in [2.75, 3.05) is 0 Å². The molecular formula is C10H10BrN3O. The average molecular weight is 268 g/mol. The van der Waals surface area contributed by atoms with Crippen molar-refractivity contribution < 1.29 is 4.52 Å². The standard InChI is InChI=1S/C10H10BrN3O/c1-6-13-10(14-15-6)9(12)7-4-2-3-5-8(7)11/h2-5,9H,12H2,1H3. The summed E-state index contributed by atoms with van der Waals surface area (Å²) in [6.45, 7) is 1.74. The Morgan fingerprint density at radius 3 is 2.73 bits per heavy atom. The number of aryl methyl sites for hydroxylation is 1. The van der Waals surface area contributed by atoms with Gasteiger partial charge in [-0.05, 0) is 11.6 Å². The van der Waals surface area contributed by atoms with Gasteiger partial charge in [-0.25, -0.2) is 0 Å². The Balaban J connectivity index is 2.36. The third-order valence-electron chi connectivity index (χ3n) is 2.06. The fourth-order valence-corrected chi connectivity index (χ4v) is 1.84. The minimum absolute atomic E-state index is 0.363. The van der Waals surface area contributed by atoms with Gasteiger partial charge >= 0.3 is 0 Å². The van der Waals surface area contributed by atoms with Crippen LogP contribution in [0, 0.1) is 6.92 Å². The zero-order valence-electron chi connectivity index (χ0n) is 8.14. The Morgan fingerprint density at radius 2 is 2.13 bits per heavy atom. The number of hydrogen-bond acceptors (Lipinski definition) is 4. The monoisotopic (exact) mass is 267 g/mol. The first-order valence-corrected chi connectivity index (χ1v) is 5.28. The number of benzene rings is 1. The fourth-order valence-electron chi connectivity index (χ4n) is 1.31. The van der Waals surface area contributed by atoms with Crippen LogP contribution in [0.3, 0.4) is 0 Å². The number of halogens is 1. The smallest absolute Gasteiger partial charge is 0.223 e. The SMILES string of the molecule is Cc1nc(C(N)c2ccccc2Br)no1. The van der Waals surface area contributed by atoms with Crippen LogP contribution in [0.15, 0.2) is 33.3 Å². The summed E-state index contributed by atoms with van der Waals surface area (Å²) in [5, 5.41) is 3.80. The van der Waals surface area contributed by atoms with Gasteiger partial charge in [0.2, 0.25) is 5.89 Å². The molecule has 1 heterocycles. The largest absolute Gasteiger partial charge is 0.340 e. The molecule has 0 saturated heterocycles. The lowest BCUT2D eigenvalue weighted by atomic mass is 10.1. The van der Waals surface area contributed by atoms with Crippen LogP contribution in [0.2, 0.25) is 0 Å². The molecule has 1 unspecified atom stereocenters. The zero-order valence-corrected chi connectivity index (χ0v) is 9.73. The summed E-state index contributed by atoms with van der Waals surface area (Å²) in [4.78, 5) is 4.10. The molecule has 0 bridgehead atoms. The van der Waals surface area contributed by atoms with Crippen molar-refractivity contribution >= 4 is 15.9 Å². The van der Waals surface area contributed by atoms with Gasteiger partial charge in [0, 0.05) is 11.4 Å². The molecule has 2 aromatic rings. The second-order valence-corrected chi connectivity index (χ2v) is 4.03. The molecule has 0 amide bonds. The van der Waals surface area contributed by atoms with Crippen LogP contribution in [-0.4, -0.2) is 10.1 Å². The molecule has 1 aromatic carbocycles. The molecular weight excluding hydrogens is 258 g/mol. The lowest BCUT2D eigenvalue weighted by Crippen LogP contribution is -2.14. The van der Waals surface area contributed by atoms with Gasteiger partial charge in [-0.3, -0.25) is 0 Å². The van der Waals surface area contributed by atoms with Gasteiger partial charge in [0.15, 0.2) is 5.82 Å². The van der Waals surface area contributed by atoms with Gasteiger partial charge in [0.05, 0.1) is 6.04 Å². The predicted octanol–water partition coefficient (Wildman–Crippen LogP) is 2.19. The predicted molar refractivity (Wildman–Crippen MR) is 59.2 cm³/mol. The van der Waals surface area contributed by atoms with Gasteiger partial charge in [-0.15, -0.1) is 0 Å². The van der Waals surface area contributed by atoms with Crippen molar-refractivity contribution in [3.63, 3.8) is 0 Å².